The molecule has 3 heterocycles. The van der Waals surface area contributed by atoms with Crippen LogP contribution in [0, 0.1) is 12.8 Å². The summed E-state index contributed by atoms with van der Waals surface area (Å²) in [4.78, 5) is 42.8. The van der Waals surface area contributed by atoms with E-state index in [0.717, 1.165) is 23.1 Å². The Kier molecular flexibility index (Phi) is 4.76. The Morgan fingerprint density at radius 2 is 2.08 bits per heavy atom. The number of aromatic nitrogens is 3. The Balaban J connectivity index is 1.78. The number of nitrogens with one attached hydrogen (secondary N) is 1. The minimum atomic E-state index is -0.368. The fourth-order valence-electron chi connectivity index (χ4n) is 3.04. The maximum Gasteiger partial charge on any atom is 0.332 e. The number of anilines is 2. The summed E-state index contributed by atoms with van der Waals surface area (Å²) >= 11 is 1.40. The van der Waals surface area contributed by atoms with Crippen LogP contribution in [0.5, 0.6) is 0 Å². The molecule has 1 unspecified atom stereocenters. The zero-order valence-electron chi connectivity index (χ0n) is 14.5. The summed E-state index contributed by atoms with van der Waals surface area (Å²) in [5, 5.41) is 5.34. The molecule has 1 N–H and O–H groups in total. The summed E-state index contributed by atoms with van der Waals surface area (Å²) in [6.07, 6.45) is 1.59. The standard InChI is InChI=1S/C16H21N5O3S/c1-10-9-25-15(17-10)18-14(23)11-5-4-6-21(8-11)12-7-13(22)20(3)16(24)19(12)2/h7,9,11H,4-6,8H2,1-3H3,(H,17,18,23). The summed E-state index contributed by atoms with van der Waals surface area (Å²) < 4.78 is 2.52. The van der Waals surface area contributed by atoms with Gasteiger partial charge in [0, 0.05) is 38.6 Å². The Hall–Kier alpha value is -2.42. The third kappa shape index (κ3) is 3.51. The maximum atomic E-state index is 12.5. The first-order chi connectivity index (χ1) is 11.9. The number of thiazole rings is 1. The number of carbonyl (C=O) groups is 1. The van der Waals surface area contributed by atoms with Crippen molar-refractivity contribution < 1.29 is 4.79 Å². The Bertz CT molecular complexity index is 913. The van der Waals surface area contributed by atoms with E-state index in [0.29, 0.717) is 24.0 Å². The van der Waals surface area contributed by atoms with E-state index >= 15 is 0 Å². The van der Waals surface area contributed by atoms with E-state index in [-0.39, 0.29) is 23.1 Å². The number of hydrogen-bond donors (Lipinski definition) is 1. The van der Waals surface area contributed by atoms with E-state index in [9.17, 15) is 14.4 Å². The fraction of sp³-hybridized carbons (Fsp3) is 0.500. The second-order valence-electron chi connectivity index (χ2n) is 6.31. The average Bonchev–Trinajstić information content (AvgIpc) is 3.01. The van der Waals surface area contributed by atoms with Crippen molar-refractivity contribution in [3.05, 3.63) is 38.0 Å². The quantitative estimate of drug-likeness (QED) is 0.867. The maximum absolute atomic E-state index is 12.5. The smallest absolute Gasteiger partial charge is 0.332 e. The lowest BCUT2D eigenvalue weighted by molar-refractivity contribution is -0.120. The number of carbonyl (C=O) groups excluding carboxylic acids is 1. The van der Waals surface area contributed by atoms with Gasteiger partial charge >= 0.3 is 5.69 Å². The molecule has 9 heteroatoms. The molecule has 8 nitrogen and oxygen atoms in total. The molecule has 1 atom stereocenters. The molecule has 2 aromatic rings. The molecule has 3 rings (SSSR count). The van der Waals surface area contributed by atoms with Gasteiger partial charge in [0.25, 0.3) is 5.56 Å². The predicted molar refractivity (Wildman–Crippen MR) is 97.3 cm³/mol. The first-order valence-corrected chi connectivity index (χ1v) is 9.00. The first-order valence-electron chi connectivity index (χ1n) is 8.12. The third-order valence-corrected chi connectivity index (χ3v) is 5.34. The largest absolute Gasteiger partial charge is 0.357 e. The van der Waals surface area contributed by atoms with E-state index in [1.54, 1.807) is 7.05 Å². The molecular weight excluding hydrogens is 342 g/mol. The molecule has 25 heavy (non-hydrogen) atoms. The van der Waals surface area contributed by atoms with Crippen molar-refractivity contribution in [1.29, 1.82) is 0 Å². The van der Waals surface area contributed by atoms with Crippen LogP contribution >= 0.6 is 11.3 Å². The highest BCUT2D eigenvalue weighted by molar-refractivity contribution is 7.13. The van der Waals surface area contributed by atoms with Crippen molar-refractivity contribution in [1.82, 2.24) is 14.1 Å². The zero-order valence-corrected chi connectivity index (χ0v) is 15.3. The first kappa shape index (κ1) is 17.4. The molecule has 0 spiro atoms. The highest BCUT2D eigenvalue weighted by Gasteiger charge is 2.28. The van der Waals surface area contributed by atoms with E-state index in [2.05, 4.69) is 10.3 Å². The van der Waals surface area contributed by atoms with E-state index in [4.69, 9.17) is 0 Å². The molecule has 1 saturated heterocycles. The van der Waals surface area contributed by atoms with Gasteiger partial charge in [-0.2, -0.15) is 0 Å². The lowest BCUT2D eigenvalue weighted by Gasteiger charge is -2.34. The average molecular weight is 363 g/mol. The Morgan fingerprint density at radius 3 is 2.76 bits per heavy atom. The van der Waals surface area contributed by atoms with Crippen LogP contribution < -0.4 is 21.5 Å². The fourth-order valence-corrected chi connectivity index (χ4v) is 3.73. The zero-order chi connectivity index (χ0) is 18.1. The highest BCUT2D eigenvalue weighted by atomic mass is 32.1. The van der Waals surface area contributed by atoms with Crippen LogP contribution in [0.3, 0.4) is 0 Å². The molecule has 1 fully saturated rings. The monoisotopic (exact) mass is 363 g/mol. The van der Waals surface area contributed by atoms with Gasteiger partial charge in [-0.05, 0) is 19.8 Å². The second kappa shape index (κ2) is 6.83. The summed E-state index contributed by atoms with van der Waals surface area (Å²) in [6.45, 7) is 3.06. The van der Waals surface area contributed by atoms with Crippen molar-refractivity contribution in [2.75, 3.05) is 23.3 Å². The molecule has 1 aliphatic heterocycles. The van der Waals surface area contributed by atoms with Crippen LogP contribution in [0.1, 0.15) is 18.5 Å². The van der Waals surface area contributed by atoms with Gasteiger partial charge in [0.05, 0.1) is 11.6 Å². The van der Waals surface area contributed by atoms with Crippen LogP contribution in [0.25, 0.3) is 0 Å². The molecule has 0 bridgehead atoms. The summed E-state index contributed by atoms with van der Waals surface area (Å²) in [7, 11) is 3.09. The van der Waals surface area contributed by atoms with Crippen molar-refractivity contribution in [3.63, 3.8) is 0 Å². The minimum Gasteiger partial charge on any atom is -0.357 e. The molecule has 0 aliphatic carbocycles. The predicted octanol–water partition coefficient (Wildman–Crippen LogP) is 0.704. The second-order valence-corrected chi connectivity index (χ2v) is 7.17. The van der Waals surface area contributed by atoms with Gasteiger partial charge in [-0.15, -0.1) is 11.3 Å². The molecule has 134 valence electrons. The number of amides is 1. The molecular formula is C16H21N5O3S. The van der Waals surface area contributed by atoms with Crippen LogP contribution in [-0.2, 0) is 18.9 Å². The summed E-state index contributed by atoms with van der Waals surface area (Å²) in [5.41, 5.74) is 0.163. The van der Waals surface area contributed by atoms with Gasteiger partial charge in [0.15, 0.2) is 5.13 Å². The highest BCUT2D eigenvalue weighted by Crippen LogP contribution is 2.23. The molecule has 2 aromatic heterocycles. The molecule has 0 radical (unpaired) electrons. The van der Waals surface area contributed by atoms with E-state index in [1.165, 1.54) is 29.0 Å². The molecule has 1 amide bonds. The summed E-state index contributed by atoms with van der Waals surface area (Å²) in [6, 6.07) is 1.45. The van der Waals surface area contributed by atoms with Gasteiger partial charge < -0.3 is 10.2 Å². The van der Waals surface area contributed by atoms with E-state index in [1.807, 2.05) is 17.2 Å². The van der Waals surface area contributed by atoms with Crippen LogP contribution in [-0.4, -0.2) is 33.1 Å². The lowest BCUT2D eigenvalue weighted by atomic mass is 9.97. The van der Waals surface area contributed by atoms with Gasteiger partial charge in [-0.1, -0.05) is 0 Å². The van der Waals surface area contributed by atoms with Crippen molar-refractivity contribution in [3.8, 4) is 0 Å². The van der Waals surface area contributed by atoms with Crippen LogP contribution in [0.4, 0.5) is 10.9 Å². The van der Waals surface area contributed by atoms with Gasteiger partial charge in [0.2, 0.25) is 5.91 Å². The lowest BCUT2D eigenvalue weighted by Crippen LogP contribution is -2.45. The number of rotatable bonds is 3. The van der Waals surface area contributed by atoms with Gasteiger partial charge in [-0.25, -0.2) is 9.78 Å². The third-order valence-electron chi connectivity index (χ3n) is 4.47. The molecule has 0 aromatic carbocycles. The van der Waals surface area contributed by atoms with Crippen molar-refractivity contribution in [2.45, 2.75) is 19.8 Å². The Labute approximate surface area is 148 Å². The van der Waals surface area contributed by atoms with Crippen LogP contribution in [0.15, 0.2) is 21.0 Å². The number of nitrogens with zero attached hydrogens (tertiary/aromatic N) is 4. The molecule has 1 aliphatic rings. The normalized spacial score (nSPS) is 17.6. The van der Waals surface area contributed by atoms with Gasteiger partial charge in [-0.3, -0.25) is 18.7 Å². The summed E-state index contributed by atoms with van der Waals surface area (Å²) in [5.74, 6) is 0.265. The Morgan fingerprint density at radius 1 is 1.32 bits per heavy atom. The number of piperidine rings is 1. The number of aryl methyl sites for hydroxylation is 1. The van der Waals surface area contributed by atoms with Gasteiger partial charge in [0.1, 0.15) is 5.82 Å². The van der Waals surface area contributed by atoms with Crippen molar-refractivity contribution >= 4 is 28.2 Å². The topological polar surface area (TPSA) is 89.2 Å². The number of hydrogen-bond acceptors (Lipinski definition) is 6. The van der Waals surface area contributed by atoms with Crippen LogP contribution in [0.2, 0.25) is 0 Å². The molecule has 0 saturated carbocycles. The van der Waals surface area contributed by atoms with E-state index < -0.39 is 0 Å². The SMILES string of the molecule is Cc1csc(NC(=O)C2CCCN(c3cc(=O)n(C)c(=O)n3C)C2)n1. The van der Waals surface area contributed by atoms with Crippen molar-refractivity contribution in [2.24, 2.45) is 20.0 Å². The minimum absolute atomic E-state index is 0.0760.